The molecule has 3 aromatic heterocycles. The van der Waals surface area contributed by atoms with Crippen LogP contribution in [0.3, 0.4) is 0 Å². The molecule has 3 aliphatic heterocycles. The number of morpholine rings is 1. The quantitative estimate of drug-likeness (QED) is 0.195. The van der Waals surface area contributed by atoms with Gasteiger partial charge in [0, 0.05) is 58.1 Å². The Hall–Kier alpha value is -5.41. The van der Waals surface area contributed by atoms with Crippen LogP contribution in [0.15, 0.2) is 73.2 Å². The molecule has 1 aliphatic carbocycles. The van der Waals surface area contributed by atoms with Crippen LogP contribution in [-0.2, 0) is 9.47 Å². The van der Waals surface area contributed by atoms with Crippen LogP contribution < -0.4 is 10.2 Å². The van der Waals surface area contributed by atoms with Crippen molar-refractivity contribution < 1.29 is 27.8 Å². The van der Waals surface area contributed by atoms with Crippen LogP contribution in [0.5, 0.6) is 0 Å². The van der Waals surface area contributed by atoms with Crippen LogP contribution in [0.4, 0.5) is 25.1 Å². The molecule has 0 unspecified atom stereocenters. The van der Waals surface area contributed by atoms with Crippen molar-refractivity contribution in [2.24, 2.45) is 0 Å². The standard InChI is InChI=1S/C39H41F2N9O4/c1-46(39(52)54-23-32-29-8-4-2-6-27(29)28-7-3-5-9-30(28)32)16-17-47-13-10-24(11-14-47)50-21-33(35(45-50)36(40)41)43-38(51)31-19-42-49-15-12-34(44-37(31)49)48-20-26-18-25(48)22-53-26/h2-9,12,15,19,21,24-26,32,36H,10-11,13-14,16-18,20,22-23H2,1H3,(H,43,51)/t25-,26-/m1/s1. The Morgan fingerprint density at radius 3 is 2.46 bits per heavy atom. The van der Waals surface area contributed by atoms with Crippen molar-refractivity contribution in [1.29, 1.82) is 0 Å². The first kappa shape index (κ1) is 34.4. The summed E-state index contributed by atoms with van der Waals surface area (Å²) in [4.78, 5) is 37.2. The lowest BCUT2D eigenvalue weighted by Gasteiger charge is -2.33. The van der Waals surface area contributed by atoms with E-state index in [1.807, 2.05) is 30.3 Å². The topological polar surface area (TPSA) is 122 Å². The molecule has 6 heterocycles. The molecule has 2 amide bonds. The number of aromatic nitrogens is 5. The van der Waals surface area contributed by atoms with Crippen molar-refractivity contribution in [1.82, 2.24) is 34.2 Å². The Kier molecular flexibility index (Phi) is 8.97. The van der Waals surface area contributed by atoms with Gasteiger partial charge >= 0.3 is 6.09 Å². The number of nitrogens with one attached hydrogen (secondary N) is 1. The number of carbonyl (C=O) groups excluding carboxylic acids is 2. The summed E-state index contributed by atoms with van der Waals surface area (Å²) < 4.78 is 43.0. The fourth-order valence-corrected chi connectivity index (χ4v) is 8.39. The molecule has 2 atom stereocenters. The molecule has 54 heavy (non-hydrogen) atoms. The number of likely N-dealkylation sites (tertiary alicyclic amines) is 1. The van der Waals surface area contributed by atoms with Gasteiger partial charge in [-0.05, 0) is 47.6 Å². The van der Waals surface area contributed by atoms with Gasteiger partial charge in [-0.25, -0.2) is 23.1 Å². The summed E-state index contributed by atoms with van der Waals surface area (Å²) >= 11 is 0. The Morgan fingerprint density at radius 1 is 1.04 bits per heavy atom. The van der Waals surface area contributed by atoms with E-state index in [0.29, 0.717) is 51.3 Å². The highest BCUT2D eigenvalue weighted by molar-refractivity contribution is 6.08. The molecule has 2 aromatic carbocycles. The van der Waals surface area contributed by atoms with E-state index in [1.54, 1.807) is 22.8 Å². The van der Waals surface area contributed by atoms with Gasteiger partial charge in [-0.2, -0.15) is 10.2 Å². The van der Waals surface area contributed by atoms with Crippen molar-refractivity contribution in [3.8, 4) is 11.1 Å². The average Bonchev–Trinajstić information content (AvgIpc) is 4.04. The predicted octanol–water partition coefficient (Wildman–Crippen LogP) is 5.61. The molecule has 1 N–H and O–H groups in total. The summed E-state index contributed by atoms with van der Waals surface area (Å²) in [5.74, 6) is 0.138. The smallest absolute Gasteiger partial charge is 0.409 e. The van der Waals surface area contributed by atoms with Crippen LogP contribution in [0, 0.1) is 0 Å². The molecule has 280 valence electrons. The SMILES string of the molecule is CN(CCN1CCC(n2cc(NC(=O)c3cnn4ccc(N5C[C@H]6C[C@@H]5CO6)nc34)c(C(F)F)n2)CC1)C(=O)OCC1c2ccccc2-c2ccccc21. The average molecular weight is 738 g/mol. The molecule has 2 bridgehead atoms. The van der Waals surface area contributed by atoms with Crippen LogP contribution in [0.2, 0.25) is 0 Å². The molecule has 0 radical (unpaired) electrons. The monoisotopic (exact) mass is 737 g/mol. The summed E-state index contributed by atoms with van der Waals surface area (Å²) in [5, 5.41) is 11.2. The van der Waals surface area contributed by atoms with Crippen molar-refractivity contribution in [3.63, 3.8) is 0 Å². The second kappa shape index (κ2) is 14.1. The van der Waals surface area contributed by atoms with E-state index in [-0.39, 0.29) is 48.1 Å². The third-order valence-corrected chi connectivity index (χ3v) is 11.3. The molecule has 3 saturated heterocycles. The first-order chi connectivity index (χ1) is 26.3. The second-order valence-electron chi connectivity index (χ2n) is 14.6. The number of alkyl halides is 2. The number of piperidine rings is 1. The Bertz CT molecular complexity index is 2150. The zero-order valence-corrected chi connectivity index (χ0v) is 29.9. The maximum absolute atomic E-state index is 14.2. The number of rotatable bonds is 10. The van der Waals surface area contributed by atoms with Crippen molar-refractivity contribution in [2.75, 3.05) is 63.2 Å². The third kappa shape index (κ3) is 6.34. The van der Waals surface area contributed by atoms with E-state index in [0.717, 1.165) is 18.8 Å². The number of likely N-dealkylation sites (N-methyl/N-ethyl adjacent to an activating group) is 1. The number of amides is 2. The molecule has 4 aliphatic rings. The number of anilines is 2. The fourth-order valence-electron chi connectivity index (χ4n) is 8.39. The molecule has 5 aromatic rings. The molecule has 9 rings (SSSR count). The number of carbonyl (C=O) groups is 2. The highest BCUT2D eigenvalue weighted by Gasteiger charge is 2.40. The zero-order chi connectivity index (χ0) is 36.9. The maximum Gasteiger partial charge on any atom is 0.409 e. The van der Waals surface area contributed by atoms with Crippen LogP contribution in [0.1, 0.15) is 64.8 Å². The highest BCUT2D eigenvalue weighted by Crippen LogP contribution is 2.44. The van der Waals surface area contributed by atoms with E-state index in [2.05, 4.69) is 49.6 Å². The molecule has 13 nitrogen and oxygen atoms in total. The fraction of sp³-hybridized carbons (Fsp3) is 0.410. The summed E-state index contributed by atoms with van der Waals surface area (Å²) in [6, 6.07) is 18.5. The van der Waals surface area contributed by atoms with Gasteiger partial charge in [-0.1, -0.05) is 48.5 Å². The number of fused-ring (bicyclic) bond motifs is 6. The molecule has 15 heteroatoms. The molecule has 0 spiro atoms. The number of hydrogen-bond donors (Lipinski definition) is 1. The molecular formula is C39H41F2N9O4. The van der Waals surface area contributed by atoms with Gasteiger partial charge in [-0.3, -0.25) is 9.48 Å². The Labute approximate surface area is 310 Å². The Morgan fingerprint density at radius 2 is 1.78 bits per heavy atom. The molecule has 0 saturated carbocycles. The number of hydrogen-bond acceptors (Lipinski definition) is 9. The van der Waals surface area contributed by atoms with Crippen LogP contribution >= 0.6 is 0 Å². The summed E-state index contributed by atoms with van der Waals surface area (Å²) in [6.45, 7) is 4.19. The zero-order valence-electron chi connectivity index (χ0n) is 29.9. The van der Waals surface area contributed by atoms with Gasteiger partial charge in [-0.15, -0.1) is 0 Å². The number of benzene rings is 2. The van der Waals surface area contributed by atoms with E-state index in [9.17, 15) is 18.4 Å². The normalized spacial score (nSPS) is 19.8. The highest BCUT2D eigenvalue weighted by atomic mass is 19.3. The summed E-state index contributed by atoms with van der Waals surface area (Å²) in [6.07, 6.45) is 3.87. The largest absolute Gasteiger partial charge is 0.448 e. The van der Waals surface area contributed by atoms with Crippen LogP contribution in [0.25, 0.3) is 16.8 Å². The summed E-state index contributed by atoms with van der Waals surface area (Å²) in [7, 11) is 1.74. The van der Waals surface area contributed by atoms with Gasteiger partial charge < -0.3 is 29.5 Å². The van der Waals surface area contributed by atoms with E-state index < -0.39 is 18.0 Å². The Balaban J connectivity index is 0.786. The predicted molar refractivity (Wildman–Crippen MR) is 196 cm³/mol. The van der Waals surface area contributed by atoms with Gasteiger partial charge in [0.1, 0.15) is 18.0 Å². The maximum atomic E-state index is 14.2. The van der Waals surface area contributed by atoms with Crippen molar-refractivity contribution >= 4 is 29.2 Å². The third-order valence-electron chi connectivity index (χ3n) is 11.3. The van der Waals surface area contributed by atoms with Crippen molar-refractivity contribution in [2.45, 2.75) is 49.8 Å². The van der Waals surface area contributed by atoms with Gasteiger partial charge in [0.05, 0.1) is 36.7 Å². The summed E-state index contributed by atoms with van der Waals surface area (Å²) in [5.41, 5.74) is 4.72. The van der Waals surface area contributed by atoms with E-state index >= 15 is 0 Å². The second-order valence-corrected chi connectivity index (χ2v) is 14.6. The minimum atomic E-state index is -2.88. The van der Waals surface area contributed by atoms with Gasteiger partial charge in [0.25, 0.3) is 12.3 Å². The van der Waals surface area contributed by atoms with Gasteiger partial charge in [0.15, 0.2) is 11.3 Å². The lowest BCUT2D eigenvalue weighted by Crippen LogP contribution is -2.41. The first-order valence-electron chi connectivity index (χ1n) is 18.5. The lowest BCUT2D eigenvalue weighted by molar-refractivity contribution is 0.0988. The number of halogens is 2. The molecule has 3 fully saturated rings. The number of nitrogens with zero attached hydrogens (tertiary/aromatic N) is 8. The minimum Gasteiger partial charge on any atom is -0.448 e. The van der Waals surface area contributed by atoms with Crippen LogP contribution in [-0.4, -0.2) is 111 Å². The van der Waals surface area contributed by atoms with E-state index in [1.165, 1.54) is 39.2 Å². The van der Waals surface area contributed by atoms with Gasteiger partial charge in [0.2, 0.25) is 0 Å². The minimum absolute atomic E-state index is 0.00214. The van der Waals surface area contributed by atoms with Crippen molar-refractivity contribution in [3.05, 3.63) is 95.6 Å². The van der Waals surface area contributed by atoms with E-state index in [4.69, 9.17) is 14.5 Å². The molecular weight excluding hydrogens is 696 g/mol. The lowest BCUT2D eigenvalue weighted by atomic mass is 9.98. The first-order valence-corrected chi connectivity index (χ1v) is 18.5. The number of ether oxygens (including phenoxy) is 2.